The molecule has 0 unspecified atom stereocenters. The fraction of sp³-hybridized carbons (Fsp3) is 0.211. The van der Waals surface area contributed by atoms with Gasteiger partial charge in [-0.2, -0.15) is 0 Å². The summed E-state index contributed by atoms with van der Waals surface area (Å²) in [5.74, 6) is 1.33. The minimum atomic E-state index is -0.0348. The molecule has 0 radical (unpaired) electrons. The Labute approximate surface area is 135 Å². The first-order chi connectivity index (χ1) is 10.9. The first-order valence-electron chi connectivity index (χ1n) is 7.43. The van der Waals surface area contributed by atoms with Gasteiger partial charge in [-0.3, -0.25) is 9.28 Å². The van der Waals surface area contributed by atoms with E-state index in [1.807, 2.05) is 42.5 Å². The van der Waals surface area contributed by atoms with Crippen molar-refractivity contribution in [2.75, 3.05) is 28.3 Å². The number of fused-ring (bicyclic) bond motifs is 1. The Hall–Kier alpha value is -2.59. The molecule has 0 atom stereocenters. The van der Waals surface area contributed by atoms with Crippen LogP contribution in [-0.4, -0.2) is 28.3 Å². The second-order valence-electron chi connectivity index (χ2n) is 6.40. The largest absolute Gasteiger partial charge is 0.497 e. The van der Waals surface area contributed by atoms with Crippen molar-refractivity contribution in [1.29, 1.82) is 0 Å². The van der Waals surface area contributed by atoms with Gasteiger partial charge in [-0.15, -0.1) is 0 Å². The Morgan fingerprint density at radius 1 is 0.957 bits per heavy atom. The highest BCUT2D eigenvalue weighted by atomic mass is 16.5. The van der Waals surface area contributed by atoms with Crippen LogP contribution in [0.2, 0.25) is 0 Å². The summed E-state index contributed by atoms with van der Waals surface area (Å²) in [7, 11) is 7.81. The molecule has 0 saturated carbocycles. The highest BCUT2D eigenvalue weighted by molar-refractivity contribution is 5.82. The predicted octanol–water partition coefficient (Wildman–Crippen LogP) is 3.67. The molecular formula is C19H20NO3+. The van der Waals surface area contributed by atoms with E-state index >= 15 is 0 Å². The van der Waals surface area contributed by atoms with Crippen molar-refractivity contribution >= 4 is 16.7 Å². The topological polar surface area (TPSA) is 39.4 Å². The smallest absolute Gasteiger partial charge is 0.193 e. The number of hydrogen-bond donors (Lipinski definition) is 0. The molecule has 1 aromatic heterocycles. The lowest BCUT2D eigenvalue weighted by Crippen LogP contribution is -2.34. The van der Waals surface area contributed by atoms with E-state index in [0.29, 0.717) is 21.2 Å². The molecule has 0 spiro atoms. The van der Waals surface area contributed by atoms with E-state index in [-0.39, 0.29) is 5.43 Å². The average molecular weight is 310 g/mol. The number of ether oxygens (including phenoxy) is 1. The van der Waals surface area contributed by atoms with Crippen LogP contribution >= 0.6 is 0 Å². The van der Waals surface area contributed by atoms with Crippen molar-refractivity contribution in [1.82, 2.24) is 4.48 Å². The molecular weight excluding hydrogens is 290 g/mol. The number of rotatable bonds is 3. The first-order valence-corrected chi connectivity index (χ1v) is 7.43. The standard InChI is InChI=1S/C19H20NO3/c1-20(2,3)14-7-10-18-16(11-14)17(21)12-19(23-18)13-5-8-15(22-4)9-6-13/h5-12H,1-4H3/q+1. The maximum atomic E-state index is 12.5. The monoisotopic (exact) mass is 310 g/mol. The first kappa shape index (κ1) is 15.3. The SMILES string of the molecule is COc1ccc(-c2cc(=O)c3cc([N+](C)(C)C)ccc3o2)cc1. The summed E-state index contributed by atoms with van der Waals surface area (Å²) in [6, 6.07) is 14.8. The van der Waals surface area contributed by atoms with Crippen LogP contribution in [0.3, 0.4) is 0 Å². The van der Waals surface area contributed by atoms with Crippen LogP contribution in [0.25, 0.3) is 22.3 Å². The van der Waals surface area contributed by atoms with Crippen LogP contribution in [0.4, 0.5) is 5.69 Å². The summed E-state index contributed by atoms with van der Waals surface area (Å²) in [4.78, 5) is 12.5. The van der Waals surface area contributed by atoms with Crippen LogP contribution in [-0.2, 0) is 0 Å². The van der Waals surface area contributed by atoms with Crippen LogP contribution in [0.1, 0.15) is 0 Å². The molecule has 3 rings (SSSR count). The number of nitrogens with zero attached hydrogens (tertiary/aromatic N) is 1. The highest BCUT2D eigenvalue weighted by Gasteiger charge is 2.15. The Morgan fingerprint density at radius 3 is 2.26 bits per heavy atom. The summed E-state index contributed by atoms with van der Waals surface area (Å²) in [6.07, 6.45) is 0. The zero-order valence-electron chi connectivity index (χ0n) is 13.8. The van der Waals surface area contributed by atoms with Gasteiger partial charge in [0.2, 0.25) is 0 Å². The van der Waals surface area contributed by atoms with Gasteiger partial charge in [0.05, 0.1) is 33.6 Å². The molecule has 3 aromatic rings. The van der Waals surface area contributed by atoms with Crippen molar-refractivity contribution in [2.24, 2.45) is 0 Å². The van der Waals surface area contributed by atoms with E-state index in [4.69, 9.17) is 9.15 Å². The van der Waals surface area contributed by atoms with Gasteiger partial charge in [-0.05, 0) is 30.3 Å². The lowest BCUT2D eigenvalue weighted by molar-refractivity contribution is 0.415. The molecule has 2 aromatic carbocycles. The van der Waals surface area contributed by atoms with E-state index < -0.39 is 0 Å². The zero-order chi connectivity index (χ0) is 16.6. The summed E-state index contributed by atoms with van der Waals surface area (Å²) in [6.45, 7) is 0. The summed E-state index contributed by atoms with van der Waals surface area (Å²) >= 11 is 0. The second-order valence-corrected chi connectivity index (χ2v) is 6.40. The molecule has 0 aliphatic rings. The molecule has 118 valence electrons. The quantitative estimate of drug-likeness (QED) is 0.693. The van der Waals surface area contributed by atoms with Crippen molar-refractivity contribution in [3.8, 4) is 17.1 Å². The lowest BCUT2D eigenvalue weighted by Gasteiger charge is -2.23. The van der Waals surface area contributed by atoms with E-state index in [1.54, 1.807) is 13.2 Å². The molecule has 4 nitrogen and oxygen atoms in total. The second kappa shape index (κ2) is 5.56. The van der Waals surface area contributed by atoms with Crippen molar-refractivity contribution < 1.29 is 9.15 Å². The van der Waals surface area contributed by atoms with Crippen molar-refractivity contribution in [3.05, 3.63) is 58.8 Å². The number of hydrogen-bond acceptors (Lipinski definition) is 3. The Kier molecular flexibility index (Phi) is 3.70. The van der Waals surface area contributed by atoms with Gasteiger partial charge in [0, 0.05) is 23.8 Å². The third-order valence-electron chi connectivity index (χ3n) is 3.86. The van der Waals surface area contributed by atoms with Gasteiger partial charge < -0.3 is 9.15 Å². The average Bonchev–Trinajstić information content (AvgIpc) is 2.53. The van der Waals surface area contributed by atoms with Crippen LogP contribution in [0.15, 0.2) is 57.7 Å². The summed E-state index contributed by atoms with van der Waals surface area (Å²) in [5.41, 5.74) is 2.47. The highest BCUT2D eigenvalue weighted by Crippen LogP contribution is 2.27. The molecule has 0 bridgehead atoms. The van der Waals surface area contributed by atoms with Crippen LogP contribution in [0, 0.1) is 0 Å². The van der Waals surface area contributed by atoms with E-state index in [2.05, 4.69) is 21.1 Å². The Bertz CT molecular complexity index is 903. The fourth-order valence-electron chi connectivity index (χ4n) is 2.46. The van der Waals surface area contributed by atoms with Crippen molar-refractivity contribution in [3.63, 3.8) is 0 Å². The summed E-state index contributed by atoms with van der Waals surface area (Å²) in [5, 5.41) is 0.604. The predicted molar refractivity (Wildman–Crippen MR) is 94.0 cm³/mol. The van der Waals surface area contributed by atoms with Crippen molar-refractivity contribution in [2.45, 2.75) is 0 Å². The van der Waals surface area contributed by atoms with Gasteiger partial charge in [0.1, 0.15) is 22.8 Å². The molecule has 0 saturated heterocycles. The molecule has 0 N–H and O–H groups in total. The van der Waals surface area contributed by atoms with Gasteiger partial charge in [-0.1, -0.05) is 0 Å². The fourth-order valence-corrected chi connectivity index (χ4v) is 2.46. The van der Waals surface area contributed by atoms with E-state index in [0.717, 1.165) is 17.0 Å². The normalized spacial score (nSPS) is 11.7. The minimum absolute atomic E-state index is 0.0348. The molecule has 4 heteroatoms. The molecule has 1 heterocycles. The Morgan fingerprint density at radius 2 is 1.65 bits per heavy atom. The Balaban J connectivity index is 2.12. The maximum absolute atomic E-state index is 12.5. The van der Waals surface area contributed by atoms with E-state index in [1.165, 1.54) is 0 Å². The van der Waals surface area contributed by atoms with Gasteiger partial charge >= 0.3 is 0 Å². The van der Waals surface area contributed by atoms with Crippen LogP contribution in [0.5, 0.6) is 5.75 Å². The van der Waals surface area contributed by atoms with Gasteiger partial charge in [0.15, 0.2) is 5.43 Å². The molecule has 0 aliphatic heterocycles. The lowest BCUT2D eigenvalue weighted by atomic mass is 10.1. The van der Waals surface area contributed by atoms with E-state index in [9.17, 15) is 4.79 Å². The number of methoxy groups -OCH3 is 1. The number of quaternary nitrogens is 1. The van der Waals surface area contributed by atoms with Gasteiger partial charge in [0.25, 0.3) is 0 Å². The van der Waals surface area contributed by atoms with Gasteiger partial charge in [-0.25, -0.2) is 0 Å². The molecule has 23 heavy (non-hydrogen) atoms. The maximum Gasteiger partial charge on any atom is 0.193 e. The molecule has 0 aliphatic carbocycles. The third kappa shape index (κ3) is 2.98. The number of benzene rings is 2. The van der Waals surface area contributed by atoms with Crippen LogP contribution < -0.4 is 14.6 Å². The summed E-state index contributed by atoms with van der Waals surface area (Å²) < 4.78 is 11.7. The molecule has 0 fully saturated rings. The zero-order valence-corrected chi connectivity index (χ0v) is 13.8. The third-order valence-corrected chi connectivity index (χ3v) is 3.86. The molecule has 0 amide bonds. The minimum Gasteiger partial charge on any atom is -0.497 e.